The van der Waals surface area contributed by atoms with Crippen molar-refractivity contribution < 1.29 is 0 Å². The Morgan fingerprint density at radius 2 is 1.71 bits per heavy atom. The van der Waals surface area contributed by atoms with Crippen molar-refractivity contribution in [2.45, 2.75) is 0 Å². The fourth-order valence-corrected chi connectivity index (χ4v) is 2.03. The summed E-state index contributed by atoms with van der Waals surface area (Å²) < 4.78 is 1.91. The molecule has 0 radical (unpaired) electrons. The zero-order chi connectivity index (χ0) is 11.8. The number of nitrogens with zero attached hydrogens (tertiary/aromatic N) is 2. The van der Waals surface area contributed by atoms with E-state index in [4.69, 9.17) is 17.3 Å². The molecule has 0 aliphatic carbocycles. The van der Waals surface area contributed by atoms with Gasteiger partial charge in [0.15, 0.2) is 0 Å². The third-order valence-electron chi connectivity index (χ3n) is 2.67. The van der Waals surface area contributed by atoms with E-state index in [1.807, 2.05) is 53.1 Å². The number of aromatic nitrogens is 2. The van der Waals surface area contributed by atoms with Gasteiger partial charge in [-0.3, -0.25) is 4.57 Å². The van der Waals surface area contributed by atoms with E-state index in [9.17, 15) is 0 Å². The van der Waals surface area contributed by atoms with Crippen LogP contribution in [-0.4, -0.2) is 9.55 Å². The molecule has 0 spiro atoms. The molecule has 3 nitrogen and oxygen atoms in total. The Kier molecular flexibility index (Phi) is 2.27. The maximum Gasteiger partial charge on any atom is 0.205 e. The standard InChI is InChI=1S/C13H10ClN3/c14-9-5-7-10(8-6-9)17-12-4-2-1-3-11(12)16-13(17)15/h1-8H,(H2,15,16). The van der Waals surface area contributed by atoms with Gasteiger partial charge in [0.2, 0.25) is 5.95 Å². The van der Waals surface area contributed by atoms with Gasteiger partial charge in [0, 0.05) is 10.7 Å². The van der Waals surface area contributed by atoms with Crippen molar-refractivity contribution in [3.05, 3.63) is 53.6 Å². The summed E-state index contributed by atoms with van der Waals surface area (Å²) in [5, 5.41) is 0.705. The number of rotatable bonds is 1. The van der Waals surface area contributed by atoms with Gasteiger partial charge in [-0.1, -0.05) is 23.7 Å². The summed E-state index contributed by atoms with van der Waals surface area (Å²) in [6.07, 6.45) is 0. The zero-order valence-corrected chi connectivity index (χ0v) is 9.72. The molecule has 0 fully saturated rings. The van der Waals surface area contributed by atoms with Crippen LogP contribution in [0.2, 0.25) is 5.02 Å². The van der Waals surface area contributed by atoms with E-state index in [0.717, 1.165) is 16.7 Å². The first-order chi connectivity index (χ1) is 8.25. The number of halogens is 1. The normalized spacial score (nSPS) is 10.9. The fraction of sp³-hybridized carbons (Fsp3) is 0. The van der Waals surface area contributed by atoms with E-state index in [0.29, 0.717) is 11.0 Å². The summed E-state index contributed by atoms with van der Waals surface area (Å²) in [5.74, 6) is 0.480. The Bertz CT molecular complexity index is 671. The van der Waals surface area contributed by atoms with E-state index in [2.05, 4.69) is 4.98 Å². The molecule has 3 rings (SSSR count). The largest absolute Gasteiger partial charge is 0.369 e. The van der Waals surface area contributed by atoms with Crippen molar-refractivity contribution >= 4 is 28.6 Å². The molecular formula is C13H10ClN3. The minimum Gasteiger partial charge on any atom is -0.369 e. The lowest BCUT2D eigenvalue weighted by molar-refractivity contribution is 1.11. The maximum absolute atomic E-state index is 5.94. The summed E-state index contributed by atoms with van der Waals surface area (Å²) >= 11 is 5.87. The monoisotopic (exact) mass is 243 g/mol. The summed E-state index contributed by atoms with van der Waals surface area (Å²) in [4.78, 5) is 4.32. The van der Waals surface area contributed by atoms with Crippen LogP contribution in [0, 0.1) is 0 Å². The van der Waals surface area contributed by atoms with Crippen molar-refractivity contribution in [1.29, 1.82) is 0 Å². The second-order valence-electron chi connectivity index (χ2n) is 3.77. The van der Waals surface area contributed by atoms with Crippen LogP contribution >= 0.6 is 11.6 Å². The SMILES string of the molecule is Nc1nc2ccccc2n1-c1ccc(Cl)cc1. The molecule has 0 bridgehead atoms. The van der Waals surface area contributed by atoms with Gasteiger partial charge in [-0.15, -0.1) is 0 Å². The molecule has 4 heteroatoms. The van der Waals surface area contributed by atoms with Crippen LogP contribution in [0.5, 0.6) is 0 Å². The lowest BCUT2D eigenvalue weighted by atomic mass is 10.3. The number of benzene rings is 2. The van der Waals surface area contributed by atoms with E-state index in [-0.39, 0.29) is 0 Å². The third-order valence-corrected chi connectivity index (χ3v) is 2.92. The molecule has 0 unspecified atom stereocenters. The molecule has 1 aromatic heterocycles. The summed E-state index contributed by atoms with van der Waals surface area (Å²) in [6, 6.07) is 15.4. The number of anilines is 1. The van der Waals surface area contributed by atoms with E-state index < -0.39 is 0 Å². The summed E-state index contributed by atoms with van der Waals surface area (Å²) in [7, 11) is 0. The highest BCUT2D eigenvalue weighted by molar-refractivity contribution is 6.30. The quantitative estimate of drug-likeness (QED) is 0.713. The van der Waals surface area contributed by atoms with Crippen LogP contribution in [0.4, 0.5) is 5.95 Å². The number of nitrogen functional groups attached to an aromatic ring is 1. The summed E-state index contributed by atoms with van der Waals surface area (Å²) in [6.45, 7) is 0. The zero-order valence-electron chi connectivity index (χ0n) is 8.97. The molecule has 1 heterocycles. The predicted octanol–water partition coefficient (Wildman–Crippen LogP) is 3.26. The molecule has 0 aliphatic heterocycles. The van der Waals surface area contributed by atoms with Crippen molar-refractivity contribution in [3.8, 4) is 5.69 Å². The van der Waals surface area contributed by atoms with Crippen LogP contribution in [0.15, 0.2) is 48.5 Å². The molecule has 3 aromatic rings. The van der Waals surface area contributed by atoms with Crippen LogP contribution < -0.4 is 5.73 Å². The Morgan fingerprint density at radius 3 is 2.47 bits per heavy atom. The predicted molar refractivity (Wildman–Crippen MR) is 70.5 cm³/mol. The Labute approximate surface area is 103 Å². The topological polar surface area (TPSA) is 43.8 Å². The lowest BCUT2D eigenvalue weighted by Gasteiger charge is -2.06. The van der Waals surface area contributed by atoms with Gasteiger partial charge in [0.1, 0.15) is 0 Å². The minimum absolute atomic E-state index is 0.480. The molecule has 2 N–H and O–H groups in total. The molecule has 0 saturated carbocycles. The highest BCUT2D eigenvalue weighted by atomic mass is 35.5. The molecular weight excluding hydrogens is 234 g/mol. The van der Waals surface area contributed by atoms with Gasteiger partial charge < -0.3 is 5.73 Å². The smallest absolute Gasteiger partial charge is 0.205 e. The van der Waals surface area contributed by atoms with Crippen molar-refractivity contribution in [2.75, 3.05) is 5.73 Å². The van der Waals surface area contributed by atoms with E-state index in [1.165, 1.54) is 0 Å². The average molecular weight is 244 g/mol. The number of para-hydroxylation sites is 2. The first-order valence-electron chi connectivity index (χ1n) is 5.24. The van der Waals surface area contributed by atoms with Crippen LogP contribution in [0.25, 0.3) is 16.7 Å². The van der Waals surface area contributed by atoms with Crippen molar-refractivity contribution in [1.82, 2.24) is 9.55 Å². The molecule has 0 saturated heterocycles. The molecule has 0 aliphatic rings. The molecule has 2 aromatic carbocycles. The Morgan fingerprint density at radius 1 is 1.00 bits per heavy atom. The number of imidazole rings is 1. The van der Waals surface area contributed by atoms with Crippen molar-refractivity contribution in [3.63, 3.8) is 0 Å². The van der Waals surface area contributed by atoms with E-state index in [1.54, 1.807) is 0 Å². The van der Waals surface area contributed by atoms with Gasteiger partial charge in [-0.05, 0) is 36.4 Å². The minimum atomic E-state index is 0.480. The lowest BCUT2D eigenvalue weighted by Crippen LogP contribution is -2.00. The van der Waals surface area contributed by atoms with Gasteiger partial charge in [-0.25, -0.2) is 4.98 Å². The van der Waals surface area contributed by atoms with Crippen LogP contribution in [0.1, 0.15) is 0 Å². The molecule has 0 atom stereocenters. The van der Waals surface area contributed by atoms with Crippen LogP contribution in [0.3, 0.4) is 0 Å². The number of fused-ring (bicyclic) bond motifs is 1. The first kappa shape index (κ1) is 10.2. The highest BCUT2D eigenvalue weighted by Gasteiger charge is 2.08. The number of hydrogen-bond acceptors (Lipinski definition) is 2. The number of nitrogens with two attached hydrogens (primary N) is 1. The van der Waals surface area contributed by atoms with Crippen molar-refractivity contribution in [2.24, 2.45) is 0 Å². The Balaban J connectivity index is 2.29. The summed E-state index contributed by atoms with van der Waals surface area (Å²) in [5.41, 5.74) is 8.78. The second kappa shape index (κ2) is 3.79. The average Bonchev–Trinajstić information content (AvgIpc) is 2.66. The Hall–Kier alpha value is -2.00. The maximum atomic E-state index is 5.94. The fourth-order valence-electron chi connectivity index (χ4n) is 1.91. The molecule has 84 valence electrons. The molecule has 17 heavy (non-hydrogen) atoms. The third kappa shape index (κ3) is 1.65. The van der Waals surface area contributed by atoms with Gasteiger partial charge in [0.05, 0.1) is 11.0 Å². The van der Waals surface area contributed by atoms with Gasteiger partial charge in [0.25, 0.3) is 0 Å². The molecule has 0 amide bonds. The first-order valence-corrected chi connectivity index (χ1v) is 5.62. The van der Waals surface area contributed by atoms with Crippen LogP contribution in [-0.2, 0) is 0 Å². The number of hydrogen-bond donors (Lipinski definition) is 1. The second-order valence-corrected chi connectivity index (χ2v) is 4.21. The van der Waals surface area contributed by atoms with Gasteiger partial charge >= 0.3 is 0 Å². The highest BCUT2D eigenvalue weighted by Crippen LogP contribution is 2.23. The van der Waals surface area contributed by atoms with Gasteiger partial charge in [-0.2, -0.15) is 0 Å². The van der Waals surface area contributed by atoms with E-state index >= 15 is 0 Å².